The first-order valence-electron chi connectivity index (χ1n) is 9.67. The highest BCUT2D eigenvalue weighted by atomic mass is 32.1. The van der Waals surface area contributed by atoms with Crippen LogP contribution in [0.4, 0.5) is 0 Å². The lowest BCUT2D eigenvalue weighted by atomic mass is 9.99. The topological polar surface area (TPSA) is 87.3 Å². The van der Waals surface area contributed by atoms with Crippen molar-refractivity contribution in [3.8, 4) is 0 Å². The van der Waals surface area contributed by atoms with E-state index in [1.165, 1.54) is 7.05 Å². The third-order valence-corrected chi connectivity index (χ3v) is 4.67. The zero-order valence-electron chi connectivity index (χ0n) is 17.4. The van der Waals surface area contributed by atoms with Gasteiger partial charge in [-0.15, -0.1) is 12.6 Å². The SMILES string of the molecule is CNC(=O)[C@H](Cc1ccccc1)NC(=O)[C@](S)(CC(C)C)NC(=O)CC(C)C. The molecule has 0 bridgehead atoms. The Kier molecular flexibility index (Phi) is 9.52. The number of carbonyl (C=O) groups excluding carboxylic acids is 3. The molecule has 0 aromatic heterocycles. The number of nitrogens with one attached hydrogen (secondary N) is 3. The standard InChI is InChI=1S/C21H33N3O3S/c1-14(2)11-18(25)24-21(28,13-15(3)4)20(27)23-17(19(26)22-5)12-16-9-7-6-8-10-16/h6-10,14-15,17,28H,11-13H2,1-5H3,(H,22,26)(H,23,27)(H,24,25)/t17-,21+/m0/s1. The maximum Gasteiger partial charge on any atom is 0.256 e. The van der Waals surface area contributed by atoms with Gasteiger partial charge in [0.1, 0.15) is 6.04 Å². The molecule has 0 heterocycles. The van der Waals surface area contributed by atoms with Crippen molar-refractivity contribution in [1.29, 1.82) is 0 Å². The van der Waals surface area contributed by atoms with Crippen molar-refractivity contribution >= 4 is 30.4 Å². The van der Waals surface area contributed by atoms with E-state index in [1.54, 1.807) is 0 Å². The van der Waals surface area contributed by atoms with Gasteiger partial charge in [-0.2, -0.15) is 0 Å². The minimum atomic E-state index is -1.39. The largest absolute Gasteiger partial charge is 0.357 e. The average Bonchev–Trinajstić information content (AvgIpc) is 2.59. The smallest absolute Gasteiger partial charge is 0.256 e. The van der Waals surface area contributed by atoms with Gasteiger partial charge in [0.25, 0.3) is 5.91 Å². The van der Waals surface area contributed by atoms with Crippen LogP contribution in [0.2, 0.25) is 0 Å². The maximum absolute atomic E-state index is 13.1. The maximum atomic E-state index is 13.1. The van der Waals surface area contributed by atoms with E-state index in [-0.39, 0.29) is 23.7 Å². The summed E-state index contributed by atoms with van der Waals surface area (Å²) in [7, 11) is 1.53. The molecule has 0 saturated heterocycles. The number of hydrogen-bond donors (Lipinski definition) is 4. The molecule has 0 aliphatic heterocycles. The molecule has 28 heavy (non-hydrogen) atoms. The lowest BCUT2D eigenvalue weighted by Crippen LogP contribution is -2.60. The quantitative estimate of drug-likeness (QED) is 0.355. The van der Waals surface area contributed by atoms with E-state index in [4.69, 9.17) is 0 Å². The van der Waals surface area contributed by atoms with Crippen LogP contribution in [0.5, 0.6) is 0 Å². The van der Waals surface area contributed by atoms with Crippen LogP contribution < -0.4 is 16.0 Å². The van der Waals surface area contributed by atoms with E-state index < -0.39 is 16.8 Å². The molecule has 1 rings (SSSR count). The number of hydrogen-bond acceptors (Lipinski definition) is 4. The molecule has 0 radical (unpaired) electrons. The Labute approximate surface area is 173 Å². The molecule has 156 valence electrons. The Balaban J connectivity index is 3.00. The van der Waals surface area contributed by atoms with Gasteiger partial charge in [-0.25, -0.2) is 0 Å². The highest BCUT2D eigenvalue weighted by molar-refractivity contribution is 7.82. The molecule has 3 N–H and O–H groups in total. The molecule has 3 amide bonds. The Morgan fingerprint density at radius 2 is 1.64 bits per heavy atom. The zero-order valence-corrected chi connectivity index (χ0v) is 18.3. The number of thiol groups is 1. The molecule has 0 aliphatic carbocycles. The Morgan fingerprint density at radius 1 is 1.04 bits per heavy atom. The van der Waals surface area contributed by atoms with Crippen molar-refractivity contribution in [3.63, 3.8) is 0 Å². The van der Waals surface area contributed by atoms with Crippen LogP contribution in [0, 0.1) is 11.8 Å². The van der Waals surface area contributed by atoms with Gasteiger partial charge < -0.3 is 16.0 Å². The molecule has 0 spiro atoms. The van der Waals surface area contributed by atoms with Crippen LogP contribution in [0.15, 0.2) is 30.3 Å². The molecule has 6 nitrogen and oxygen atoms in total. The zero-order chi connectivity index (χ0) is 21.3. The monoisotopic (exact) mass is 407 g/mol. The summed E-state index contributed by atoms with van der Waals surface area (Å²) in [5, 5.41) is 8.13. The molecular weight excluding hydrogens is 374 g/mol. The molecule has 0 saturated carbocycles. The molecule has 0 unspecified atom stereocenters. The van der Waals surface area contributed by atoms with Crippen molar-refractivity contribution in [2.75, 3.05) is 7.05 Å². The first-order valence-corrected chi connectivity index (χ1v) is 10.1. The van der Waals surface area contributed by atoms with Crippen LogP contribution in [0.1, 0.15) is 46.1 Å². The second kappa shape index (κ2) is 11.1. The normalized spacial score (nSPS) is 14.3. The summed E-state index contributed by atoms with van der Waals surface area (Å²) in [5.41, 5.74) is 0.925. The van der Waals surface area contributed by atoms with Crippen LogP contribution in [-0.4, -0.2) is 35.7 Å². The van der Waals surface area contributed by atoms with Crippen molar-refractivity contribution in [3.05, 3.63) is 35.9 Å². The fraction of sp³-hybridized carbons (Fsp3) is 0.571. The van der Waals surface area contributed by atoms with Crippen molar-refractivity contribution < 1.29 is 14.4 Å². The summed E-state index contributed by atoms with van der Waals surface area (Å²) >= 11 is 4.54. The van der Waals surface area contributed by atoms with Gasteiger partial charge in [0, 0.05) is 19.9 Å². The van der Waals surface area contributed by atoms with E-state index in [2.05, 4.69) is 28.6 Å². The summed E-state index contributed by atoms with van der Waals surface area (Å²) < 4.78 is 0. The molecular formula is C21H33N3O3S. The summed E-state index contributed by atoms with van der Waals surface area (Å²) in [6.07, 6.45) is 0.992. The Morgan fingerprint density at radius 3 is 2.14 bits per heavy atom. The fourth-order valence-electron chi connectivity index (χ4n) is 2.95. The van der Waals surface area contributed by atoms with Crippen molar-refractivity contribution in [2.45, 2.75) is 57.9 Å². The minimum Gasteiger partial charge on any atom is -0.357 e. The van der Waals surface area contributed by atoms with Gasteiger partial charge >= 0.3 is 0 Å². The van der Waals surface area contributed by atoms with Gasteiger partial charge in [-0.1, -0.05) is 58.0 Å². The summed E-state index contributed by atoms with van der Waals surface area (Å²) in [6, 6.07) is 8.68. The molecule has 0 fully saturated rings. The number of rotatable bonds is 10. The van der Waals surface area contributed by atoms with Gasteiger partial charge in [0.2, 0.25) is 11.8 Å². The summed E-state index contributed by atoms with van der Waals surface area (Å²) in [5.74, 6) is -0.732. The van der Waals surface area contributed by atoms with Crippen LogP contribution in [0.3, 0.4) is 0 Å². The van der Waals surface area contributed by atoms with Gasteiger partial charge in [-0.3, -0.25) is 14.4 Å². The predicted molar refractivity (Wildman–Crippen MR) is 115 cm³/mol. The minimum absolute atomic E-state index is 0.121. The number of carbonyl (C=O) groups is 3. The third-order valence-electron chi connectivity index (χ3n) is 4.17. The van der Waals surface area contributed by atoms with Crippen LogP contribution in [-0.2, 0) is 20.8 Å². The highest BCUT2D eigenvalue weighted by Crippen LogP contribution is 2.23. The molecule has 2 atom stereocenters. The lowest BCUT2D eigenvalue weighted by molar-refractivity contribution is -0.133. The van der Waals surface area contributed by atoms with Crippen LogP contribution >= 0.6 is 12.6 Å². The van der Waals surface area contributed by atoms with E-state index in [9.17, 15) is 14.4 Å². The Hall–Kier alpha value is -2.02. The first kappa shape index (κ1) is 24.0. The van der Waals surface area contributed by atoms with Gasteiger partial charge in [-0.05, 0) is 23.8 Å². The van der Waals surface area contributed by atoms with Gasteiger partial charge in [0.15, 0.2) is 4.87 Å². The van der Waals surface area contributed by atoms with E-state index in [1.807, 2.05) is 58.0 Å². The van der Waals surface area contributed by atoms with Crippen molar-refractivity contribution in [2.24, 2.45) is 11.8 Å². The lowest BCUT2D eigenvalue weighted by Gasteiger charge is -2.32. The second-order valence-electron chi connectivity index (χ2n) is 7.93. The van der Waals surface area contributed by atoms with Gasteiger partial charge in [0.05, 0.1) is 0 Å². The molecule has 1 aromatic carbocycles. The van der Waals surface area contributed by atoms with E-state index in [0.717, 1.165) is 5.56 Å². The average molecular weight is 408 g/mol. The molecule has 7 heteroatoms. The summed E-state index contributed by atoms with van der Waals surface area (Å²) in [6.45, 7) is 7.77. The van der Waals surface area contributed by atoms with Crippen molar-refractivity contribution in [1.82, 2.24) is 16.0 Å². The third kappa shape index (κ3) is 7.92. The second-order valence-corrected chi connectivity index (χ2v) is 8.70. The highest BCUT2D eigenvalue weighted by Gasteiger charge is 2.38. The number of benzene rings is 1. The summed E-state index contributed by atoms with van der Waals surface area (Å²) in [4.78, 5) is 36.3. The molecule has 1 aromatic rings. The fourth-order valence-corrected chi connectivity index (χ4v) is 3.51. The predicted octanol–water partition coefficient (Wildman–Crippen LogP) is 2.29. The molecule has 0 aliphatic rings. The first-order chi connectivity index (χ1) is 13.1. The number of amides is 3. The number of likely N-dealkylation sites (N-methyl/N-ethyl adjacent to an activating group) is 1. The van der Waals surface area contributed by atoms with Crippen LogP contribution in [0.25, 0.3) is 0 Å². The Bertz CT molecular complexity index is 664. The van der Waals surface area contributed by atoms with E-state index >= 15 is 0 Å². The van der Waals surface area contributed by atoms with E-state index in [0.29, 0.717) is 19.3 Å².